The van der Waals surface area contributed by atoms with Crippen LogP contribution in [0.15, 0.2) is 29.4 Å². The van der Waals surface area contributed by atoms with Crippen molar-refractivity contribution in [3.05, 3.63) is 35.4 Å². The Balaban J connectivity index is 2.74. The quantitative estimate of drug-likeness (QED) is 0.530. The van der Waals surface area contributed by atoms with E-state index >= 15 is 0 Å². The van der Waals surface area contributed by atoms with E-state index in [4.69, 9.17) is 9.94 Å². The van der Waals surface area contributed by atoms with Gasteiger partial charge in [0, 0.05) is 13.0 Å². The van der Waals surface area contributed by atoms with E-state index in [2.05, 4.69) is 17.4 Å². The molecule has 0 bridgehead atoms. The minimum absolute atomic E-state index is 0.0136. The van der Waals surface area contributed by atoms with Gasteiger partial charge in [0.1, 0.15) is 0 Å². The number of hydrogen-bond acceptors (Lipinski definition) is 4. The lowest BCUT2D eigenvalue weighted by Gasteiger charge is -2.19. The number of aliphatic carboxylic acids is 1. The van der Waals surface area contributed by atoms with Crippen LogP contribution in [0.1, 0.15) is 45.2 Å². The lowest BCUT2D eigenvalue weighted by Crippen LogP contribution is -2.33. The van der Waals surface area contributed by atoms with Gasteiger partial charge in [-0.3, -0.25) is 4.79 Å². The predicted octanol–water partition coefficient (Wildman–Crippen LogP) is 2.80. The summed E-state index contributed by atoms with van der Waals surface area (Å²) >= 11 is 0. The molecule has 1 aromatic carbocycles. The molecule has 2 N–H and O–H groups in total. The van der Waals surface area contributed by atoms with Crippen LogP contribution in [0.3, 0.4) is 0 Å². The number of carbonyl (C=O) groups is 2. The fraction of sp³-hybridized carbons (Fsp3) is 0.526. The number of oxime groups is 1. The zero-order chi connectivity index (χ0) is 19.0. The van der Waals surface area contributed by atoms with E-state index in [0.717, 1.165) is 29.7 Å². The summed E-state index contributed by atoms with van der Waals surface area (Å²) in [4.78, 5) is 27.7. The van der Waals surface area contributed by atoms with E-state index in [1.54, 1.807) is 7.05 Å². The second kappa shape index (κ2) is 9.20. The Morgan fingerprint density at radius 1 is 1.24 bits per heavy atom. The summed E-state index contributed by atoms with van der Waals surface area (Å²) in [5.74, 6) is -0.904. The topological polar surface area (TPSA) is 88.0 Å². The highest BCUT2D eigenvalue weighted by atomic mass is 16.7. The van der Waals surface area contributed by atoms with Crippen molar-refractivity contribution in [1.82, 2.24) is 5.32 Å². The summed E-state index contributed by atoms with van der Waals surface area (Å²) in [5, 5.41) is 15.7. The van der Waals surface area contributed by atoms with E-state index in [-0.39, 0.29) is 11.8 Å². The molecule has 0 spiro atoms. The van der Waals surface area contributed by atoms with Crippen LogP contribution in [0, 0.1) is 5.92 Å². The smallest absolute Gasteiger partial charge is 0.350 e. The molecular formula is C19H28N2O4. The maximum absolute atomic E-state index is 11.4. The lowest BCUT2D eigenvalue weighted by molar-refractivity contribution is -0.161. The number of nitrogens with zero attached hydrogens (tertiary/aromatic N) is 1. The number of carbonyl (C=O) groups excluding carboxylic acids is 1. The molecule has 25 heavy (non-hydrogen) atoms. The third kappa shape index (κ3) is 6.57. The summed E-state index contributed by atoms with van der Waals surface area (Å²) in [6.07, 6.45) is 2.02. The van der Waals surface area contributed by atoms with Crippen LogP contribution < -0.4 is 5.32 Å². The first kappa shape index (κ1) is 20.7. The van der Waals surface area contributed by atoms with Crippen LogP contribution in [0.4, 0.5) is 0 Å². The van der Waals surface area contributed by atoms with Gasteiger partial charge in [-0.15, -0.1) is 0 Å². The average Bonchev–Trinajstić information content (AvgIpc) is 2.58. The van der Waals surface area contributed by atoms with Crippen molar-refractivity contribution in [1.29, 1.82) is 0 Å². The van der Waals surface area contributed by atoms with E-state index in [9.17, 15) is 9.59 Å². The van der Waals surface area contributed by atoms with Crippen molar-refractivity contribution in [2.45, 2.75) is 52.6 Å². The van der Waals surface area contributed by atoms with Gasteiger partial charge in [0.2, 0.25) is 11.5 Å². The molecule has 0 saturated heterocycles. The molecule has 6 nitrogen and oxygen atoms in total. The van der Waals surface area contributed by atoms with Crippen LogP contribution >= 0.6 is 0 Å². The molecule has 1 amide bonds. The van der Waals surface area contributed by atoms with Crippen molar-refractivity contribution in [3.63, 3.8) is 0 Å². The Kier molecular flexibility index (Phi) is 7.61. The summed E-state index contributed by atoms with van der Waals surface area (Å²) in [6, 6.07) is 7.92. The third-order valence-electron chi connectivity index (χ3n) is 4.17. The standard InChI is InChI=1S/C19H28N2O4/c1-6-16(13(2)21-25-19(3,4)18(23)24)11-14-7-9-15(10-8-14)12-17(22)20-5/h7-10,16H,6,11-12H2,1-5H3,(H,20,22)(H,23,24)/b21-13+. The first-order chi connectivity index (χ1) is 11.7. The Morgan fingerprint density at radius 3 is 2.28 bits per heavy atom. The molecule has 138 valence electrons. The molecule has 1 rings (SSSR count). The molecule has 1 atom stereocenters. The van der Waals surface area contributed by atoms with Crippen LogP contribution in [-0.2, 0) is 27.3 Å². The van der Waals surface area contributed by atoms with Crippen LogP contribution in [0.25, 0.3) is 0 Å². The number of benzene rings is 1. The largest absolute Gasteiger partial charge is 0.478 e. The van der Waals surface area contributed by atoms with Gasteiger partial charge in [-0.05, 0) is 44.7 Å². The van der Waals surface area contributed by atoms with Crippen molar-refractivity contribution in [2.75, 3.05) is 7.05 Å². The molecule has 0 radical (unpaired) electrons. The molecule has 1 aromatic rings. The number of likely N-dealkylation sites (N-methyl/N-ethyl adjacent to an activating group) is 1. The van der Waals surface area contributed by atoms with E-state index in [1.807, 2.05) is 31.2 Å². The van der Waals surface area contributed by atoms with Crippen molar-refractivity contribution >= 4 is 17.6 Å². The van der Waals surface area contributed by atoms with Crippen LogP contribution in [0.2, 0.25) is 0 Å². The number of carboxylic acid groups (broad SMARTS) is 1. The fourth-order valence-corrected chi connectivity index (χ4v) is 2.24. The van der Waals surface area contributed by atoms with Crippen molar-refractivity contribution in [2.24, 2.45) is 11.1 Å². The van der Waals surface area contributed by atoms with E-state index < -0.39 is 11.6 Å². The van der Waals surface area contributed by atoms with Gasteiger partial charge in [0.25, 0.3) is 0 Å². The maximum Gasteiger partial charge on any atom is 0.350 e. The predicted molar refractivity (Wildman–Crippen MR) is 97.6 cm³/mol. The SMILES string of the molecule is CCC(Cc1ccc(CC(=O)NC)cc1)/C(C)=N/OC(C)(C)C(=O)O. The normalized spacial score (nSPS) is 13.2. The summed E-state index contributed by atoms with van der Waals surface area (Å²) < 4.78 is 0. The van der Waals surface area contributed by atoms with Gasteiger partial charge in [-0.1, -0.05) is 36.3 Å². The van der Waals surface area contributed by atoms with Gasteiger partial charge in [0.05, 0.1) is 12.1 Å². The van der Waals surface area contributed by atoms with Gasteiger partial charge in [0.15, 0.2) is 0 Å². The molecule has 0 aliphatic heterocycles. The Bertz CT molecular complexity index is 621. The zero-order valence-corrected chi connectivity index (χ0v) is 15.6. The molecule has 6 heteroatoms. The first-order valence-electron chi connectivity index (χ1n) is 8.44. The highest BCUT2D eigenvalue weighted by Crippen LogP contribution is 2.17. The number of carboxylic acids is 1. The number of nitrogens with one attached hydrogen (secondary N) is 1. The Morgan fingerprint density at radius 2 is 1.80 bits per heavy atom. The highest BCUT2D eigenvalue weighted by Gasteiger charge is 2.30. The molecular weight excluding hydrogens is 320 g/mol. The minimum atomic E-state index is -1.35. The fourth-order valence-electron chi connectivity index (χ4n) is 2.24. The van der Waals surface area contributed by atoms with Crippen molar-refractivity contribution < 1.29 is 19.5 Å². The molecule has 0 aliphatic carbocycles. The molecule has 0 fully saturated rings. The van der Waals surface area contributed by atoms with Gasteiger partial charge < -0.3 is 15.3 Å². The van der Waals surface area contributed by atoms with Crippen LogP contribution in [-0.4, -0.2) is 35.3 Å². The monoisotopic (exact) mass is 348 g/mol. The molecule has 0 saturated carbocycles. The highest BCUT2D eigenvalue weighted by molar-refractivity contribution is 5.84. The third-order valence-corrected chi connectivity index (χ3v) is 4.17. The van der Waals surface area contributed by atoms with Crippen molar-refractivity contribution in [3.8, 4) is 0 Å². The molecule has 0 aromatic heterocycles. The molecule has 0 heterocycles. The molecule has 1 unspecified atom stereocenters. The van der Waals surface area contributed by atoms with E-state index in [1.165, 1.54) is 13.8 Å². The zero-order valence-electron chi connectivity index (χ0n) is 15.6. The first-order valence-corrected chi connectivity index (χ1v) is 8.44. The second-order valence-corrected chi connectivity index (χ2v) is 6.62. The Hall–Kier alpha value is -2.37. The summed E-state index contributed by atoms with van der Waals surface area (Å²) in [7, 11) is 1.62. The maximum atomic E-state index is 11.4. The van der Waals surface area contributed by atoms with Gasteiger partial charge in [-0.2, -0.15) is 0 Å². The number of rotatable bonds is 9. The Labute approximate surface area is 149 Å². The number of amides is 1. The van der Waals surface area contributed by atoms with Crippen LogP contribution in [0.5, 0.6) is 0 Å². The van der Waals surface area contributed by atoms with E-state index in [0.29, 0.717) is 6.42 Å². The minimum Gasteiger partial charge on any atom is -0.478 e. The van der Waals surface area contributed by atoms with Gasteiger partial charge >= 0.3 is 5.97 Å². The average molecular weight is 348 g/mol. The van der Waals surface area contributed by atoms with Gasteiger partial charge in [-0.25, -0.2) is 4.79 Å². The summed E-state index contributed by atoms with van der Waals surface area (Å²) in [5.41, 5.74) is 1.53. The summed E-state index contributed by atoms with van der Waals surface area (Å²) in [6.45, 7) is 6.86. The second-order valence-electron chi connectivity index (χ2n) is 6.62. The molecule has 0 aliphatic rings. The lowest BCUT2D eigenvalue weighted by atomic mass is 9.92. The number of hydrogen-bond donors (Lipinski definition) is 2.